The molecular weight excluding hydrogens is 276 g/mol. The Labute approximate surface area is 121 Å². The second-order valence-electron chi connectivity index (χ2n) is 4.50. The van der Waals surface area contributed by atoms with Gasteiger partial charge in [0.05, 0.1) is 7.11 Å². The van der Waals surface area contributed by atoms with Gasteiger partial charge in [-0.2, -0.15) is 0 Å². The van der Waals surface area contributed by atoms with Crippen LogP contribution in [0.2, 0.25) is 0 Å². The number of carbonyl (C=O) groups is 3. The van der Waals surface area contributed by atoms with Gasteiger partial charge in [0, 0.05) is 14.1 Å². The maximum absolute atomic E-state index is 12.0. The number of hydrogen-bond donors (Lipinski definition) is 1. The standard InChI is InChI=1S/C14H14N2O5/c1-15-12(18)9(13(19)16(2)14(15)20)6-8-4-5-10(17)11(7-8)21-3/h4-7,17H,1-3H3. The highest BCUT2D eigenvalue weighted by Gasteiger charge is 2.37. The van der Waals surface area contributed by atoms with E-state index in [1.165, 1.54) is 45.5 Å². The number of phenols is 1. The number of imide groups is 2. The third kappa shape index (κ3) is 2.45. The Kier molecular flexibility index (Phi) is 3.66. The summed E-state index contributed by atoms with van der Waals surface area (Å²) in [6, 6.07) is 3.73. The van der Waals surface area contributed by atoms with E-state index in [-0.39, 0.29) is 17.1 Å². The van der Waals surface area contributed by atoms with Gasteiger partial charge in [-0.25, -0.2) is 4.79 Å². The predicted molar refractivity (Wildman–Crippen MR) is 73.6 cm³/mol. The van der Waals surface area contributed by atoms with Crippen molar-refractivity contribution in [3.63, 3.8) is 0 Å². The lowest BCUT2D eigenvalue weighted by molar-refractivity contribution is -0.134. The van der Waals surface area contributed by atoms with Crippen LogP contribution in [0, 0.1) is 0 Å². The predicted octanol–water partition coefficient (Wildman–Crippen LogP) is 0.835. The fourth-order valence-corrected chi connectivity index (χ4v) is 1.93. The first-order valence-corrected chi connectivity index (χ1v) is 6.05. The van der Waals surface area contributed by atoms with Crippen LogP contribution in [-0.4, -0.2) is 54.0 Å². The molecule has 0 radical (unpaired) electrons. The topological polar surface area (TPSA) is 87.2 Å². The van der Waals surface area contributed by atoms with Crippen molar-refractivity contribution in [2.75, 3.05) is 21.2 Å². The summed E-state index contributed by atoms with van der Waals surface area (Å²) in [5.74, 6) is -1.17. The van der Waals surface area contributed by atoms with Crippen molar-refractivity contribution < 1.29 is 24.2 Å². The molecule has 1 N–H and O–H groups in total. The number of benzene rings is 1. The fourth-order valence-electron chi connectivity index (χ4n) is 1.93. The van der Waals surface area contributed by atoms with Gasteiger partial charge in [0.15, 0.2) is 11.5 Å². The number of phenolic OH excluding ortho intramolecular Hbond substituents is 1. The van der Waals surface area contributed by atoms with E-state index in [0.717, 1.165) is 9.80 Å². The first kappa shape index (κ1) is 14.6. The number of methoxy groups -OCH3 is 1. The molecule has 1 aliphatic rings. The lowest BCUT2D eigenvalue weighted by Gasteiger charge is -2.28. The molecule has 0 saturated carbocycles. The zero-order valence-electron chi connectivity index (χ0n) is 11.8. The molecule has 110 valence electrons. The van der Waals surface area contributed by atoms with Crippen LogP contribution in [0.4, 0.5) is 4.79 Å². The molecule has 0 aliphatic carbocycles. The Hall–Kier alpha value is -2.83. The van der Waals surface area contributed by atoms with E-state index in [4.69, 9.17) is 4.74 Å². The van der Waals surface area contributed by atoms with Crippen molar-refractivity contribution in [3.8, 4) is 11.5 Å². The van der Waals surface area contributed by atoms with Crippen molar-refractivity contribution in [1.29, 1.82) is 0 Å². The first-order valence-electron chi connectivity index (χ1n) is 6.05. The molecule has 7 heteroatoms. The minimum Gasteiger partial charge on any atom is -0.504 e. The van der Waals surface area contributed by atoms with Gasteiger partial charge >= 0.3 is 6.03 Å². The second kappa shape index (κ2) is 5.28. The monoisotopic (exact) mass is 290 g/mol. The molecule has 2 rings (SSSR count). The third-order valence-electron chi connectivity index (χ3n) is 3.16. The second-order valence-corrected chi connectivity index (χ2v) is 4.50. The van der Waals surface area contributed by atoms with Gasteiger partial charge in [-0.3, -0.25) is 19.4 Å². The number of ether oxygens (including phenoxy) is 1. The highest BCUT2D eigenvalue weighted by Crippen LogP contribution is 2.28. The van der Waals surface area contributed by atoms with E-state index in [0.29, 0.717) is 5.56 Å². The molecule has 0 aromatic heterocycles. The van der Waals surface area contributed by atoms with Gasteiger partial charge in [-0.1, -0.05) is 6.07 Å². The van der Waals surface area contributed by atoms with Gasteiger partial charge in [0.1, 0.15) is 5.57 Å². The third-order valence-corrected chi connectivity index (χ3v) is 3.16. The van der Waals surface area contributed by atoms with Crippen molar-refractivity contribution in [1.82, 2.24) is 9.80 Å². The average molecular weight is 290 g/mol. The summed E-state index contributed by atoms with van der Waals surface area (Å²) in [7, 11) is 4.00. The lowest BCUT2D eigenvalue weighted by atomic mass is 10.1. The number of rotatable bonds is 2. The molecule has 0 atom stereocenters. The van der Waals surface area contributed by atoms with Crippen molar-refractivity contribution in [2.24, 2.45) is 0 Å². The Balaban J connectivity index is 2.46. The van der Waals surface area contributed by atoms with E-state index >= 15 is 0 Å². The number of nitrogens with zero attached hydrogens (tertiary/aromatic N) is 2. The van der Waals surface area contributed by atoms with E-state index in [1.807, 2.05) is 0 Å². The molecule has 1 saturated heterocycles. The summed E-state index contributed by atoms with van der Waals surface area (Å²) in [4.78, 5) is 37.4. The summed E-state index contributed by atoms with van der Waals surface area (Å²) >= 11 is 0. The van der Waals surface area contributed by atoms with Gasteiger partial charge < -0.3 is 9.84 Å². The molecule has 1 aromatic carbocycles. The molecular formula is C14H14N2O5. The van der Waals surface area contributed by atoms with Crippen LogP contribution < -0.4 is 4.74 Å². The van der Waals surface area contributed by atoms with Crippen LogP contribution in [-0.2, 0) is 9.59 Å². The number of amides is 4. The van der Waals surface area contributed by atoms with Crippen LogP contribution in [0.25, 0.3) is 6.08 Å². The van der Waals surface area contributed by atoms with Crippen LogP contribution in [0.3, 0.4) is 0 Å². The van der Waals surface area contributed by atoms with E-state index < -0.39 is 17.8 Å². The zero-order valence-corrected chi connectivity index (χ0v) is 11.8. The number of carbonyl (C=O) groups excluding carboxylic acids is 3. The average Bonchev–Trinajstić information content (AvgIpc) is 2.49. The zero-order chi connectivity index (χ0) is 15.7. The molecule has 1 aromatic rings. The molecule has 0 spiro atoms. The smallest absolute Gasteiger partial charge is 0.333 e. The van der Waals surface area contributed by atoms with Gasteiger partial charge in [0.2, 0.25) is 0 Å². The van der Waals surface area contributed by atoms with Gasteiger partial charge in [-0.05, 0) is 23.8 Å². The molecule has 0 unspecified atom stereocenters. The van der Waals surface area contributed by atoms with Crippen LogP contribution >= 0.6 is 0 Å². The van der Waals surface area contributed by atoms with E-state index in [1.54, 1.807) is 0 Å². The highest BCUT2D eigenvalue weighted by molar-refractivity contribution is 6.30. The summed E-state index contributed by atoms with van der Waals surface area (Å²) < 4.78 is 4.96. The number of barbiturate groups is 1. The maximum atomic E-state index is 12.0. The van der Waals surface area contributed by atoms with Gasteiger partial charge in [-0.15, -0.1) is 0 Å². The largest absolute Gasteiger partial charge is 0.504 e. The van der Waals surface area contributed by atoms with Crippen LogP contribution in [0.15, 0.2) is 23.8 Å². The van der Waals surface area contributed by atoms with Crippen LogP contribution in [0.5, 0.6) is 11.5 Å². The molecule has 21 heavy (non-hydrogen) atoms. The quantitative estimate of drug-likeness (QED) is 0.644. The fraction of sp³-hybridized carbons (Fsp3) is 0.214. The molecule has 4 amide bonds. The maximum Gasteiger partial charge on any atom is 0.333 e. The van der Waals surface area contributed by atoms with Crippen molar-refractivity contribution >= 4 is 23.9 Å². The minimum absolute atomic E-state index is 0.0506. The molecule has 1 aliphatic heterocycles. The molecule has 1 heterocycles. The van der Waals surface area contributed by atoms with E-state index in [2.05, 4.69) is 0 Å². The summed E-state index contributed by atoms with van der Waals surface area (Å²) in [5, 5.41) is 9.52. The summed E-state index contributed by atoms with van der Waals surface area (Å²) in [6.45, 7) is 0. The summed E-state index contributed by atoms with van der Waals surface area (Å²) in [5.41, 5.74) is 0.366. The highest BCUT2D eigenvalue weighted by atomic mass is 16.5. The lowest BCUT2D eigenvalue weighted by Crippen LogP contribution is -2.52. The molecule has 0 bridgehead atoms. The number of aromatic hydroxyl groups is 1. The Morgan fingerprint density at radius 3 is 2.19 bits per heavy atom. The minimum atomic E-state index is -0.676. The van der Waals surface area contributed by atoms with E-state index in [9.17, 15) is 19.5 Å². The molecule has 7 nitrogen and oxygen atoms in total. The van der Waals surface area contributed by atoms with Crippen molar-refractivity contribution in [3.05, 3.63) is 29.3 Å². The summed E-state index contributed by atoms with van der Waals surface area (Å²) in [6.07, 6.45) is 1.35. The SMILES string of the molecule is COc1cc(C=C2C(=O)N(C)C(=O)N(C)C2=O)ccc1O. The Morgan fingerprint density at radius 1 is 1.10 bits per heavy atom. The van der Waals surface area contributed by atoms with Crippen LogP contribution in [0.1, 0.15) is 5.56 Å². The number of urea groups is 1. The van der Waals surface area contributed by atoms with Gasteiger partial charge in [0.25, 0.3) is 11.8 Å². The normalized spacial score (nSPS) is 15.6. The Morgan fingerprint density at radius 2 is 1.67 bits per heavy atom. The number of hydrogen-bond acceptors (Lipinski definition) is 5. The first-order chi connectivity index (χ1) is 9.86. The number of likely N-dealkylation sites (N-methyl/N-ethyl adjacent to an activating group) is 2. The van der Waals surface area contributed by atoms with Crippen molar-refractivity contribution in [2.45, 2.75) is 0 Å². The molecule has 1 fully saturated rings. The Bertz CT molecular complexity index is 639.